The summed E-state index contributed by atoms with van der Waals surface area (Å²) in [7, 11) is 0. The molecule has 0 spiro atoms. The summed E-state index contributed by atoms with van der Waals surface area (Å²) in [5.41, 5.74) is -0.536. The van der Waals surface area contributed by atoms with Gasteiger partial charge >= 0.3 is 5.97 Å². The van der Waals surface area contributed by atoms with Crippen molar-refractivity contribution in [2.75, 3.05) is 6.54 Å². The average Bonchev–Trinajstić information content (AvgIpc) is 2.85. The van der Waals surface area contributed by atoms with Gasteiger partial charge in [-0.3, -0.25) is 4.79 Å². The molecular formula is C10H19NO2. The van der Waals surface area contributed by atoms with Gasteiger partial charge in [-0.25, -0.2) is 0 Å². The second kappa shape index (κ2) is 4.61. The summed E-state index contributed by atoms with van der Waals surface area (Å²) in [5, 5.41) is 12.0. The van der Waals surface area contributed by atoms with Gasteiger partial charge in [0.1, 0.15) is 5.54 Å². The van der Waals surface area contributed by atoms with E-state index in [1.807, 2.05) is 0 Å². The second-order valence-electron chi connectivity index (χ2n) is 3.87. The molecule has 3 nitrogen and oxygen atoms in total. The Hall–Kier alpha value is -0.570. The average molecular weight is 185 g/mol. The first-order chi connectivity index (χ1) is 6.21. The molecule has 1 fully saturated rings. The van der Waals surface area contributed by atoms with Gasteiger partial charge in [-0.15, -0.1) is 0 Å². The normalized spacial score (nSPS) is 18.5. The van der Waals surface area contributed by atoms with Crippen LogP contribution in [0.5, 0.6) is 0 Å². The van der Waals surface area contributed by atoms with Crippen molar-refractivity contribution < 1.29 is 9.90 Å². The molecule has 13 heavy (non-hydrogen) atoms. The first-order valence-corrected chi connectivity index (χ1v) is 5.20. The van der Waals surface area contributed by atoms with Gasteiger partial charge in [0.2, 0.25) is 0 Å². The number of unbranched alkanes of at least 4 members (excludes halogenated alkanes) is 3. The van der Waals surface area contributed by atoms with Crippen LogP contribution in [0.2, 0.25) is 0 Å². The molecule has 1 rings (SSSR count). The Bertz CT molecular complexity index is 176. The van der Waals surface area contributed by atoms with E-state index >= 15 is 0 Å². The smallest absolute Gasteiger partial charge is 0.323 e. The lowest BCUT2D eigenvalue weighted by Gasteiger charge is -2.11. The quantitative estimate of drug-likeness (QED) is 0.594. The van der Waals surface area contributed by atoms with E-state index < -0.39 is 11.5 Å². The Morgan fingerprint density at radius 3 is 2.54 bits per heavy atom. The summed E-state index contributed by atoms with van der Waals surface area (Å²) in [6.07, 6.45) is 6.39. The van der Waals surface area contributed by atoms with Gasteiger partial charge in [-0.05, 0) is 25.8 Å². The third-order valence-corrected chi connectivity index (χ3v) is 2.65. The number of aliphatic carboxylic acids is 1. The maximum atomic E-state index is 10.7. The minimum Gasteiger partial charge on any atom is -0.480 e. The molecule has 1 aliphatic carbocycles. The standard InChI is InChI=1S/C10H19NO2/c1-2-3-4-5-8-11-10(6-7-10)9(12)13/h11H,2-8H2,1H3,(H,12,13). The van der Waals surface area contributed by atoms with E-state index in [4.69, 9.17) is 5.11 Å². The molecule has 0 saturated heterocycles. The molecule has 0 bridgehead atoms. The van der Waals surface area contributed by atoms with Crippen molar-refractivity contribution >= 4 is 5.97 Å². The number of hydrogen-bond donors (Lipinski definition) is 2. The fourth-order valence-corrected chi connectivity index (χ4v) is 1.47. The zero-order valence-corrected chi connectivity index (χ0v) is 8.31. The Balaban J connectivity index is 2.03. The number of carboxylic acid groups (broad SMARTS) is 1. The summed E-state index contributed by atoms with van der Waals surface area (Å²) >= 11 is 0. The number of carboxylic acids is 1. The minimum atomic E-state index is -0.678. The van der Waals surface area contributed by atoms with Gasteiger partial charge in [0.05, 0.1) is 0 Å². The lowest BCUT2D eigenvalue weighted by Crippen LogP contribution is -2.39. The van der Waals surface area contributed by atoms with Crippen LogP contribution in [0.4, 0.5) is 0 Å². The molecule has 0 unspecified atom stereocenters. The van der Waals surface area contributed by atoms with Crippen LogP contribution in [0.1, 0.15) is 45.4 Å². The van der Waals surface area contributed by atoms with Gasteiger partial charge in [-0.2, -0.15) is 0 Å². The largest absolute Gasteiger partial charge is 0.480 e. The van der Waals surface area contributed by atoms with Crippen molar-refractivity contribution in [3.8, 4) is 0 Å². The monoisotopic (exact) mass is 185 g/mol. The summed E-state index contributed by atoms with van der Waals surface area (Å²) in [6, 6.07) is 0. The van der Waals surface area contributed by atoms with Crippen LogP contribution >= 0.6 is 0 Å². The van der Waals surface area contributed by atoms with Gasteiger partial charge in [-0.1, -0.05) is 26.2 Å². The molecule has 0 aromatic carbocycles. The van der Waals surface area contributed by atoms with Crippen molar-refractivity contribution in [2.24, 2.45) is 0 Å². The van der Waals surface area contributed by atoms with Crippen LogP contribution in [0.3, 0.4) is 0 Å². The molecule has 1 aliphatic rings. The predicted molar refractivity (Wildman–Crippen MR) is 51.7 cm³/mol. The predicted octanol–water partition coefficient (Wildman–Crippen LogP) is 1.77. The lowest BCUT2D eigenvalue weighted by molar-refractivity contribution is -0.140. The van der Waals surface area contributed by atoms with E-state index in [2.05, 4.69) is 12.2 Å². The molecule has 0 aliphatic heterocycles. The fourth-order valence-electron chi connectivity index (χ4n) is 1.47. The molecule has 0 aromatic heterocycles. The highest BCUT2D eigenvalue weighted by atomic mass is 16.4. The summed E-state index contributed by atoms with van der Waals surface area (Å²) in [5.74, 6) is -0.678. The molecule has 0 aromatic rings. The molecule has 0 heterocycles. The molecule has 0 amide bonds. The highest BCUT2D eigenvalue weighted by Crippen LogP contribution is 2.35. The van der Waals surface area contributed by atoms with Crippen LogP contribution in [-0.4, -0.2) is 23.2 Å². The molecule has 0 atom stereocenters. The summed E-state index contributed by atoms with van der Waals surface area (Å²) in [4.78, 5) is 10.7. The molecule has 76 valence electrons. The second-order valence-corrected chi connectivity index (χ2v) is 3.87. The van der Waals surface area contributed by atoms with Crippen LogP contribution in [0.15, 0.2) is 0 Å². The first-order valence-electron chi connectivity index (χ1n) is 5.20. The topological polar surface area (TPSA) is 49.3 Å². The van der Waals surface area contributed by atoms with Gasteiger partial charge in [0.25, 0.3) is 0 Å². The zero-order chi connectivity index (χ0) is 9.73. The SMILES string of the molecule is CCCCCCNC1(C(=O)O)CC1. The van der Waals surface area contributed by atoms with E-state index in [9.17, 15) is 4.79 Å². The maximum absolute atomic E-state index is 10.7. The van der Waals surface area contributed by atoms with Crippen molar-refractivity contribution in [2.45, 2.75) is 51.0 Å². The Kier molecular flexibility index (Phi) is 3.72. The molecule has 2 N–H and O–H groups in total. The number of carbonyl (C=O) groups is 1. The minimum absolute atomic E-state index is 0.536. The third-order valence-electron chi connectivity index (χ3n) is 2.65. The number of hydrogen-bond acceptors (Lipinski definition) is 2. The van der Waals surface area contributed by atoms with E-state index in [1.54, 1.807) is 0 Å². The summed E-state index contributed by atoms with van der Waals surface area (Å²) in [6.45, 7) is 3.03. The van der Waals surface area contributed by atoms with Crippen LogP contribution in [-0.2, 0) is 4.79 Å². The van der Waals surface area contributed by atoms with E-state index in [-0.39, 0.29) is 0 Å². The first kappa shape index (κ1) is 10.5. The van der Waals surface area contributed by atoms with E-state index in [1.165, 1.54) is 19.3 Å². The Labute approximate surface area is 79.5 Å². The maximum Gasteiger partial charge on any atom is 0.323 e. The molecule has 0 radical (unpaired) electrons. The lowest BCUT2D eigenvalue weighted by atomic mass is 10.2. The molecular weight excluding hydrogens is 166 g/mol. The Morgan fingerprint density at radius 2 is 2.08 bits per heavy atom. The van der Waals surface area contributed by atoms with E-state index in [0.29, 0.717) is 0 Å². The van der Waals surface area contributed by atoms with Crippen LogP contribution < -0.4 is 5.32 Å². The number of nitrogens with one attached hydrogen (secondary N) is 1. The molecule has 1 saturated carbocycles. The summed E-state index contributed by atoms with van der Waals surface area (Å²) < 4.78 is 0. The Morgan fingerprint density at radius 1 is 1.38 bits per heavy atom. The fraction of sp³-hybridized carbons (Fsp3) is 0.900. The van der Waals surface area contributed by atoms with Gasteiger partial charge in [0, 0.05) is 0 Å². The number of rotatable bonds is 7. The highest BCUT2D eigenvalue weighted by molar-refractivity contribution is 5.82. The van der Waals surface area contributed by atoms with Crippen LogP contribution in [0, 0.1) is 0 Å². The zero-order valence-electron chi connectivity index (χ0n) is 8.31. The van der Waals surface area contributed by atoms with Crippen molar-refractivity contribution in [1.82, 2.24) is 5.32 Å². The molecule has 3 heteroatoms. The van der Waals surface area contributed by atoms with Gasteiger partial charge < -0.3 is 10.4 Å². The van der Waals surface area contributed by atoms with E-state index in [0.717, 1.165) is 25.8 Å². The van der Waals surface area contributed by atoms with Crippen LogP contribution in [0.25, 0.3) is 0 Å². The van der Waals surface area contributed by atoms with Crippen molar-refractivity contribution in [3.05, 3.63) is 0 Å². The van der Waals surface area contributed by atoms with Crippen molar-refractivity contribution in [3.63, 3.8) is 0 Å². The third kappa shape index (κ3) is 2.99. The van der Waals surface area contributed by atoms with Gasteiger partial charge in [0.15, 0.2) is 0 Å². The highest BCUT2D eigenvalue weighted by Gasteiger charge is 2.49. The van der Waals surface area contributed by atoms with Crippen molar-refractivity contribution in [1.29, 1.82) is 0 Å².